The summed E-state index contributed by atoms with van der Waals surface area (Å²) in [5, 5.41) is 10.1. The fraction of sp³-hybridized carbons (Fsp3) is 0.111. The molecule has 1 aromatic carbocycles. The first-order valence-electron chi connectivity index (χ1n) is 7.06. The summed E-state index contributed by atoms with van der Waals surface area (Å²) in [6.45, 7) is 1.66. The van der Waals surface area contributed by atoms with Crippen molar-refractivity contribution in [2.45, 2.75) is 6.92 Å². The molecule has 5 nitrogen and oxygen atoms in total. The van der Waals surface area contributed by atoms with Crippen molar-refractivity contribution in [3.05, 3.63) is 58.3 Å². The highest BCUT2D eigenvalue weighted by molar-refractivity contribution is 6.33. The third-order valence-electron chi connectivity index (χ3n) is 3.81. The summed E-state index contributed by atoms with van der Waals surface area (Å²) in [6.07, 6.45) is 4.75. The molecule has 0 saturated carbocycles. The lowest BCUT2D eigenvalue weighted by atomic mass is 9.90. The highest BCUT2D eigenvalue weighted by Crippen LogP contribution is 2.33. The molecule has 23 heavy (non-hydrogen) atoms. The molecule has 1 heterocycles. The molecule has 0 spiro atoms. The molecule has 3 rings (SSSR count). The number of nitrogens with one attached hydrogen (secondary N) is 1. The number of allylic oxidation sites excluding steroid dienone is 2. The molecule has 116 valence electrons. The third kappa shape index (κ3) is 2.46. The maximum Gasteiger partial charge on any atom is 0.340 e. The Morgan fingerprint density at radius 3 is 2.74 bits per heavy atom. The monoisotopic (exact) mass is 309 g/mol. The average Bonchev–Trinajstić information content (AvgIpc) is 2.83. The number of carbonyl (C=O) groups excluding carboxylic acids is 2. The van der Waals surface area contributed by atoms with Gasteiger partial charge in [0.25, 0.3) is 0 Å². The van der Waals surface area contributed by atoms with Crippen molar-refractivity contribution in [1.82, 2.24) is 4.98 Å². The zero-order valence-corrected chi connectivity index (χ0v) is 12.7. The zero-order chi connectivity index (χ0) is 16.6. The summed E-state index contributed by atoms with van der Waals surface area (Å²) < 4.78 is 4.76. The number of rotatable bonds is 2. The summed E-state index contributed by atoms with van der Waals surface area (Å²) in [5.41, 5.74) is 3.04. The Morgan fingerprint density at radius 2 is 2.00 bits per heavy atom. The number of aromatic hydroxyl groups is 1. The first-order valence-corrected chi connectivity index (χ1v) is 7.06. The fourth-order valence-corrected chi connectivity index (χ4v) is 2.70. The van der Waals surface area contributed by atoms with Gasteiger partial charge in [0.15, 0.2) is 11.7 Å². The van der Waals surface area contributed by atoms with Crippen molar-refractivity contribution in [1.29, 1.82) is 0 Å². The summed E-state index contributed by atoms with van der Waals surface area (Å²) >= 11 is 0. The van der Waals surface area contributed by atoms with Gasteiger partial charge in [0.1, 0.15) is 0 Å². The van der Waals surface area contributed by atoms with E-state index in [0.29, 0.717) is 11.3 Å². The number of ketones is 1. The summed E-state index contributed by atoms with van der Waals surface area (Å²) in [7, 11) is 1.27. The van der Waals surface area contributed by atoms with Crippen molar-refractivity contribution >= 4 is 29.5 Å². The molecule has 0 bridgehead atoms. The van der Waals surface area contributed by atoms with Crippen LogP contribution in [0.3, 0.4) is 0 Å². The minimum Gasteiger partial charge on any atom is -0.494 e. The van der Waals surface area contributed by atoms with Crippen molar-refractivity contribution in [3.63, 3.8) is 0 Å². The van der Waals surface area contributed by atoms with Gasteiger partial charge in [-0.25, -0.2) is 4.79 Å². The molecule has 0 amide bonds. The van der Waals surface area contributed by atoms with E-state index < -0.39 is 5.97 Å². The molecule has 0 unspecified atom stereocenters. The van der Waals surface area contributed by atoms with E-state index in [-0.39, 0.29) is 22.8 Å². The van der Waals surface area contributed by atoms with E-state index in [1.54, 1.807) is 13.0 Å². The van der Waals surface area contributed by atoms with Gasteiger partial charge in [0, 0.05) is 11.3 Å². The molecule has 0 fully saturated rings. The lowest BCUT2D eigenvalue weighted by Crippen LogP contribution is -2.06. The average molecular weight is 309 g/mol. The van der Waals surface area contributed by atoms with E-state index in [0.717, 1.165) is 11.1 Å². The molecule has 0 atom stereocenters. The Labute approximate surface area is 132 Å². The Hall–Kier alpha value is -3.08. The van der Waals surface area contributed by atoms with Gasteiger partial charge in [-0.3, -0.25) is 4.79 Å². The Bertz CT molecular complexity index is 871. The van der Waals surface area contributed by atoms with Crippen LogP contribution in [0.2, 0.25) is 0 Å². The first-order chi connectivity index (χ1) is 11.0. The highest BCUT2D eigenvalue weighted by atomic mass is 16.5. The molecule has 2 N–H and O–H groups in total. The molecule has 2 aromatic rings. The van der Waals surface area contributed by atoms with Crippen LogP contribution in [-0.4, -0.2) is 29.0 Å². The van der Waals surface area contributed by atoms with Crippen molar-refractivity contribution < 1.29 is 19.4 Å². The second kappa shape index (κ2) is 5.61. The number of hydrogen-bond donors (Lipinski definition) is 2. The predicted octanol–water partition coefficient (Wildman–Crippen LogP) is 2.95. The zero-order valence-electron chi connectivity index (χ0n) is 12.7. The van der Waals surface area contributed by atoms with Gasteiger partial charge in [-0.1, -0.05) is 30.3 Å². The molecule has 5 heteroatoms. The second-order valence-electron chi connectivity index (χ2n) is 5.22. The number of H-pyrrole nitrogens is 1. The molecule has 0 saturated heterocycles. The minimum atomic E-state index is -0.571. The highest BCUT2D eigenvalue weighted by Gasteiger charge is 2.23. The number of carbonyl (C=O) groups is 2. The van der Waals surface area contributed by atoms with Crippen LogP contribution < -0.4 is 0 Å². The van der Waals surface area contributed by atoms with Crippen molar-refractivity contribution in [2.24, 2.45) is 0 Å². The van der Waals surface area contributed by atoms with Gasteiger partial charge >= 0.3 is 5.97 Å². The van der Waals surface area contributed by atoms with E-state index in [4.69, 9.17) is 4.74 Å². The van der Waals surface area contributed by atoms with Crippen LogP contribution in [0.4, 0.5) is 0 Å². The van der Waals surface area contributed by atoms with E-state index in [1.807, 2.05) is 24.3 Å². The minimum absolute atomic E-state index is 0.171. The maximum absolute atomic E-state index is 12.3. The first kappa shape index (κ1) is 14.8. The number of aromatic amines is 1. The number of fused-ring (bicyclic) bond motifs is 1. The van der Waals surface area contributed by atoms with Crippen molar-refractivity contribution in [2.75, 3.05) is 7.11 Å². The predicted molar refractivity (Wildman–Crippen MR) is 86.9 cm³/mol. The number of aryl methyl sites for hydroxylation is 1. The number of methoxy groups -OCH3 is 1. The van der Waals surface area contributed by atoms with Gasteiger partial charge in [-0.05, 0) is 30.2 Å². The van der Waals surface area contributed by atoms with Gasteiger partial charge in [0.05, 0.1) is 18.2 Å². The molecule has 1 aliphatic carbocycles. The number of benzene rings is 1. The SMILES string of the molecule is COC(=O)c1c(C)[nH]c(O)c1/C=C1\C(=O)C=Cc2ccccc21. The van der Waals surface area contributed by atoms with E-state index in [2.05, 4.69) is 4.98 Å². The number of aromatic nitrogens is 1. The van der Waals surface area contributed by atoms with Gasteiger partial charge in [0.2, 0.25) is 0 Å². The summed E-state index contributed by atoms with van der Waals surface area (Å²) in [6, 6.07) is 7.45. The summed E-state index contributed by atoms with van der Waals surface area (Å²) in [5.74, 6) is -0.925. The third-order valence-corrected chi connectivity index (χ3v) is 3.81. The largest absolute Gasteiger partial charge is 0.494 e. The molecular weight excluding hydrogens is 294 g/mol. The molecule has 1 aliphatic rings. The van der Waals surface area contributed by atoms with Crippen LogP contribution in [0.25, 0.3) is 17.7 Å². The van der Waals surface area contributed by atoms with Crippen molar-refractivity contribution in [3.8, 4) is 5.88 Å². The Balaban J connectivity index is 2.21. The van der Waals surface area contributed by atoms with Crippen LogP contribution in [0, 0.1) is 6.92 Å². The quantitative estimate of drug-likeness (QED) is 0.660. The second-order valence-corrected chi connectivity index (χ2v) is 5.22. The molecule has 1 aromatic heterocycles. The van der Waals surface area contributed by atoms with Crippen LogP contribution in [0.5, 0.6) is 5.88 Å². The number of esters is 1. The van der Waals surface area contributed by atoms with Crippen LogP contribution in [0.1, 0.15) is 32.7 Å². The fourth-order valence-electron chi connectivity index (χ4n) is 2.70. The standard InChI is InChI=1S/C18H15NO4/c1-10-16(18(22)23-2)14(17(21)19-10)9-13-12-6-4-3-5-11(12)7-8-15(13)20/h3-9,19,21H,1-2H3/b13-9-. The molecule has 0 aliphatic heterocycles. The normalized spacial score (nSPS) is 14.9. The molecular formula is C18H15NO4. The van der Waals surface area contributed by atoms with Crippen LogP contribution in [0.15, 0.2) is 30.3 Å². The van der Waals surface area contributed by atoms with Crippen LogP contribution >= 0.6 is 0 Å². The van der Waals surface area contributed by atoms with Gasteiger partial charge in [-0.2, -0.15) is 0 Å². The van der Waals surface area contributed by atoms with E-state index >= 15 is 0 Å². The number of ether oxygens (including phenoxy) is 1. The van der Waals surface area contributed by atoms with Gasteiger partial charge < -0.3 is 14.8 Å². The Kier molecular flexibility index (Phi) is 3.62. The molecule has 0 radical (unpaired) electrons. The van der Waals surface area contributed by atoms with E-state index in [1.165, 1.54) is 19.3 Å². The topological polar surface area (TPSA) is 79.4 Å². The Morgan fingerprint density at radius 1 is 1.26 bits per heavy atom. The maximum atomic E-state index is 12.3. The lowest BCUT2D eigenvalue weighted by Gasteiger charge is -2.13. The number of hydrogen-bond acceptors (Lipinski definition) is 4. The smallest absolute Gasteiger partial charge is 0.340 e. The van der Waals surface area contributed by atoms with Gasteiger partial charge in [-0.15, -0.1) is 0 Å². The summed E-state index contributed by atoms with van der Waals surface area (Å²) in [4.78, 5) is 26.9. The van der Waals surface area contributed by atoms with Crippen LogP contribution in [-0.2, 0) is 9.53 Å². The van der Waals surface area contributed by atoms with E-state index in [9.17, 15) is 14.7 Å². The lowest BCUT2D eigenvalue weighted by molar-refractivity contribution is -0.109.